The Morgan fingerprint density at radius 3 is 2.89 bits per heavy atom. The number of anilines is 2. The second-order valence-electron chi connectivity index (χ2n) is 4.45. The van der Waals surface area contributed by atoms with E-state index in [1.807, 2.05) is 30.1 Å². The first kappa shape index (κ1) is 13.1. The van der Waals surface area contributed by atoms with Gasteiger partial charge in [0.05, 0.1) is 17.3 Å². The maximum absolute atomic E-state index is 9.46. The Kier molecular flexibility index (Phi) is 3.73. The Hall–Kier alpha value is -1.33. The van der Waals surface area contributed by atoms with E-state index in [2.05, 4.69) is 20.9 Å². The molecule has 0 spiro atoms. The van der Waals surface area contributed by atoms with Crippen LogP contribution in [0.15, 0.2) is 28.9 Å². The van der Waals surface area contributed by atoms with Gasteiger partial charge >= 0.3 is 0 Å². The van der Waals surface area contributed by atoms with Gasteiger partial charge in [-0.1, -0.05) is 0 Å². The van der Waals surface area contributed by atoms with E-state index in [-0.39, 0.29) is 0 Å². The molecule has 0 aliphatic carbocycles. The van der Waals surface area contributed by atoms with Gasteiger partial charge in [-0.25, -0.2) is 0 Å². The lowest BCUT2D eigenvalue weighted by Crippen LogP contribution is -2.27. The number of likely N-dealkylation sites (N-methyl/N-ethyl adjacent to an activating group) is 1. The average molecular weight is 310 g/mol. The minimum absolute atomic E-state index is 0.391. The molecule has 2 aromatic rings. The third-order valence-electron chi connectivity index (χ3n) is 2.78. The standard InChI is InChI=1S/C13H16BrN3O/c1-8(18)7-17(2)12-4-3-11(15)10-5-9(14)6-16-13(10)12/h3-6,8,18H,7,15H2,1-2H3. The lowest BCUT2D eigenvalue weighted by atomic mass is 10.1. The molecule has 18 heavy (non-hydrogen) atoms. The van der Waals surface area contributed by atoms with Crippen LogP contribution in [-0.4, -0.2) is 29.8 Å². The lowest BCUT2D eigenvalue weighted by molar-refractivity contribution is 0.201. The molecular weight excluding hydrogens is 294 g/mol. The predicted octanol–water partition coefficient (Wildman–Crippen LogP) is 2.40. The zero-order valence-corrected chi connectivity index (χ0v) is 12.0. The predicted molar refractivity (Wildman–Crippen MR) is 78.8 cm³/mol. The molecule has 0 saturated heterocycles. The van der Waals surface area contributed by atoms with Gasteiger partial charge < -0.3 is 15.7 Å². The van der Waals surface area contributed by atoms with Gasteiger partial charge in [-0.2, -0.15) is 0 Å². The van der Waals surface area contributed by atoms with Crippen LogP contribution in [0.2, 0.25) is 0 Å². The summed E-state index contributed by atoms with van der Waals surface area (Å²) in [6, 6.07) is 5.75. The first-order valence-corrected chi connectivity index (χ1v) is 6.51. The van der Waals surface area contributed by atoms with Gasteiger partial charge in [-0.3, -0.25) is 4.98 Å². The summed E-state index contributed by atoms with van der Waals surface area (Å²) in [7, 11) is 1.93. The summed E-state index contributed by atoms with van der Waals surface area (Å²) in [5.41, 5.74) is 8.48. The second kappa shape index (κ2) is 5.12. The van der Waals surface area contributed by atoms with Crippen LogP contribution in [0.4, 0.5) is 11.4 Å². The summed E-state index contributed by atoms with van der Waals surface area (Å²) in [4.78, 5) is 6.40. The van der Waals surface area contributed by atoms with E-state index in [4.69, 9.17) is 5.73 Å². The van der Waals surface area contributed by atoms with Gasteiger partial charge in [0.15, 0.2) is 0 Å². The molecule has 0 aliphatic rings. The summed E-state index contributed by atoms with van der Waals surface area (Å²) >= 11 is 3.40. The second-order valence-corrected chi connectivity index (χ2v) is 5.37. The van der Waals surface area contributed by atoms with E-state index in [9.17, 15) is 5.11 Å². The van der Waals surface area contributed by atoms with Crippen molar-refractivity contribution in [1.29, 1.82) is 0 Å². The van der Waals surface area contributed by atoms with E-state index in [0.717, 1.165) is 21.1 Å². The molecule has 4 nitrogen and oxygen atoms in total. The van der Waals surface area contributed by atoms with Crippen LogP contribution >= 0.6 is 15.9 Å². The fraction of sp³-hybridized carbons (Fsp3) is 0.308. The van der Waals surface area contributed by atoms with Crippen molar-refractivity contribution in [3.05, 3.63) is 28.9 Å². The summed E-state index contributed by atoms with van der Waals surface area (Å²) in [6.45, 7) is 2.32. The molecule has 0 fully saturated rings. The van der Waals surface area contributed by atoms with E-state index in [0.29, 0.717) is 12.2 Å². The number of hydrogen-bond donors (Lipinski definition) is 2. The number of aromatic nitrogens is 1. The molecule has 0 amide bonds. The van der Waals surface area contributed by atoms with Gasteiger partial charge in [0.25, 0.3) is 0 Å². The highest BCUT2D eigenvalue weighted by Crippen LogP contribution is 2.30. The Labute approximate surface area is 115 Å². The number of rotatable bonds is 3. The number of aliphatic hydroxyl groups is 1. The third kappa shape index (κ3) is 2.57. The van der Waals surface area contributed by atoms with Crippen molar-refractivity contribution in [1.82, 2.24) is 4.98 Å². The van der Waals surface area contributed by atoms with Gasteiger partial charge in [0, 0.05) is 35.3 Å². The lowest BCUT2D eigenvalue weighted by Gasteiger charge is -2.22. The maximum atomic E-state index is 9.46. The molecule has 0 bridgehead atoms. The van der Waals surface area contributed by atoms with Gasteiger partial charge in [-0.15, -0.1) is 0 Å². The number of hydrogen-bond acceptors (Lipinski definition) is 4. The molecule has 96 valence electrons. The van der Waals surface area contributed by atoms with Crippen molar-refractivity contribution < 1.29 is 5.11 Å². The molecule has 3 N–H and O–H groups in total. The Morgan fingerprint density at radius 2 is 2.22 bits per heavy atom. The van der Waals surface area contributed by atoms with Crippen LogP contribution in [0.3, 0.4) is 0 Å². The Balaban J connectivity index is 2.55. The van der Waals surface area contributed by atoms with Gasteiger partial charge in [0.1, 0.15) is 0 Å². The zero-order valence-electron chi connectivity index (χ0n) is 10.4. The minimum atomic E-state index is -0.391. The smallest absolute Gasteiger partial charge is 0.0956 e. The normalized spacial score (nSPS) is 12.7. The Bertz CT molecular complexity index is 571. The van der Waals surface area contributed by atoms with Gasteiger partial charge in [-0.05, 0) is 41.1 Å². The molecule has 1 unspecified atom stereocenters. The first-order chi connectivity index (χ1) is 8.49. The molecule has 1 aromatic carbocycles. The Morgan fingerprint density at radius 1 is 1.50 bits per heavy atom. The van der Waals surface area contributed by atoms with E-state index >= 15 is 0 Å². The molecule has 1 atom stereocenters. The topological polar surface area (TPSA) is 62.4 Å². The largest absolute Gasteiger partial charge is 0.398 e. The van der Waals surface area contributed by atoms with Crippen molar-refractivity contribution in [2.75, 3.05) is 24.2 Å². The quantitative estimate of drug-likeness (QED) is 0.855. The first-order valence-electron chi connectivity index (χ1n) is 5.72. The van der Waals surface area contributed by atoms with Crippen LogP contribution in [0.5, 0.6) is 0 Å². The van der Waals surface area contributed by atoms with E-state index < -0.39 is 6.10 Å². The molecular formula is C13H16BrN3O. The monoisotopic (exact) mass is 309 g/mol. The number of nitrogen functional groups attached to an aromatic ring is 1. The average Bonchev–Trinajstić information content (AvgIpc) is 2.29. The van der Waals surface area contributed by atoms with Crippen LogP contribution in [-0.2, 0) is 0 Å². The molecule has 5 heteroatoms. The molecule has 0 aliphatic heterocycles. The minimum Gasteiger partial charge on any atom is -0.398 e. The van der Waals surface area contributed by atoms with Crippen LogP contribution in [0.25, 0.3) is 10.9 Å². The van der Waals surface area contributed by atoms with Crippen molar-refractivity contribution in [2.45, 2.75) is 13.0 Å². The molecule has 1 heterocycles. The number of nitrogens with zero attached hydrogens (tertiary/aromatic N) is 2. The van der Waals surface area contributed by atoms with Crippen molar-refractivity contribution in [3.63, 3.8) is 0 Å². The van der Waals surface area contributed by atoms with Crippen LogP contribution < -0.4 is 10.6 Å². The molecule has 0 radical (unpaired) electrons. The SMILES string of the molecule is CC(O)CN(C)c1ccc(N)c2cc(Br)cnc12. The molecule has 0 saturated carbocycles. The number of nitrogens with two attached hydrogens (primary N) is 1. The van der Waals surface area contributed by atoms with Crippen LogP contribution in [0.1, 0.15) is 6.92 Å². The number of aliphatic hydroxyl groups excluding tert-OH is 1. The highest BCUT2D eigenvalue weighted by molar-refractivity contribution is 9.10. The number of pyridine rings is 1. The fourth-order valence-electron chi connectivity index (χ4n) is 2.00. The van der Waals surface area contributed by atoms with Crippen molar-refractivity contribution in [2.24, 2.45) is 0 Å². The van der Waals surface area contributed by atoms with E-state index in [1.54, 1.807) is 13.1 Å². The highest BCUT2D eigenvalue weighted by atomic mass is 79.9. The number of halogens is 1. The summed E-state index contributed by atoms with van der Waals surface area (Å²) < 4.78 is 0.900. The molecule has 1 aromatic heterocycles. The van der Waals surface area contributed by atoms with E-state index in [1.165, 1.54) is 0 Å². The number of fused-ring (bicyclic) bond motifs is 1. The summed E-state index contributed by atoms with van der Waals surface area (Å²) in [5.74, 6) is 0. The van der Waals surface area contributed by atoms with Crippen molar-refractivity contribution in [3.8, 4) is 0 Å². The van der Waals surface area contributed by atoms with Crippen molar-refractivity contribution >= 4 is 38.2 Å². The van der Waals surface area contributed by atoms with Crippen LogP contribution in [0, 0.1) is 0 Å². The summed E-state index contributed by atoms with van der Waals surface area (Å²) in [6.07, 6.45) is 1.36. The summed E-state index contributed by atoms with van der Waals surface area (Å²) in [5, 5.41) is 10.4. The fourth-order valence-corrected chi connectivity index (χ4v) is 2.33. The van der Waals surface area contributed by atoms with Gasteiger partial charge in [0.2, 0.25) is 0 Å². The third-order valence-corrected chi connectivity index (χ3v) is 3.21. The maximum Gasteiger partial charge on any atom is 0.0956 e. The molecule has 2 rings (SSSR count). The zero-order chi connectivity index (χ0) is 13.3. The number of benzene rings is 1. The highest BCUT2D eigenvalue weighted by Gasteiger charge is 2.11.